The van der Waals surface area contributed by atoms with E-state index in [4.69, 9.17) is 11.6 Å². The monoisotopic (exact) mass is 346 g/mol. The van der Waals surface area contributed by atoms with Crippen molar-refractivity contribution < 1.29 is 9.18 Å². The molecule has 0 unspecified atom stereocenters. The summed E-state index contributed by atoms with van der Waals surface area (Å²) in [6.07, 6.45) is 2.13. The predicted molar refractivity (Wildman–Crippen MR) is 88.0 cm³/mol. The number of carbonyl (C=O) groups is 1. The van der Waals surface area contributed by atoms with Crippen LogP contribution >= 0.6 is 24.0 Å². The summed E-state index contributed by atoms with van der Waals surface area (Å²) in [4.78, 5) is 14.3. The molecule has 2 atom stereocenters. The molecule has 0 aliphatic carbocycles. The van der Waals surface area contributed by atoms with Crippen molar-refractivity contribution in [2.75, 3.05) is 26.2 Å². The topological polar surface area (TPSA) is 32.3 Å². The fourth-order valence-corrected chi connectivity index (χ4v) is 3.66. The largest absolute Gasteiger partial charge is 0.342 e. The van der Waals surface area contributed by atoms with Crippen LogP contribution in [0, 0.1) is 17.7 Å². The van der Waals surface area contributed by atoms with Crippen LogP contribution in [0.3, 0.4) is 0 Å². The lowest BCUT2D eigenvalue weighted by Crippen LogP contribution is -2.34. The third-order valence-corrected chi connectivity index (χ3v) is 5.12. The van der Waals surface area contributed by atoms with Crippen LogP contribution in [-0.4, -0.2) is 37.0 Å². The summed E-state index contributed by atoms with van der Waals surface area (Å²) in [6.45, 7) is 3.67. The normalized spacial score (nSPS) is 24.4. The smallest absolute Gasteiger partial charge is 0.227 e. The van der Waals surface area contributed by atoms with Gasteiger partial charge in [-0.05, 0) is 49.9 Å². The molecular formula is C16H21Cl2FN2O. The van der Waals surface area contributed by atoms with Gasteiger partial charge in [-0.25, -0.2) is 4.39 Å². The van der Waals surface area contributed by atoms with Crippen molar-refractivity contribution in [2.24, 2.45) is 11.8 Å². The molecule has 0 aromatic heterocycles. The first-order valence-electron chi connectivity index (χ1n) is 7.56. The van der Waals surface area contributed by atoms with Crippen LogP contribution in [0.5, 0.6) is 0 Å². The zero-order valence-corrected chi connectivity index (χ0v) is 13.9. The molecule has 122 valence electrons. The third-order valence-electron chi connectivity index (χ3n) is 4.76. The Morgan fingerprint density at radius 3 is 2.50 bits per heavy atom. The Labute approximate surface area is 141 Å². The molecule has 0 bridgehead atoms. The van der Waals surface area contributed by atoms with E-state index in [1.54, 1.807) is 12.1 Å². The highest BCUT2D eigenvalue weighted by Gasteiger charge is 2.31. The number of rotatable bonds is 2. The molecule has 2 heterocycles. The summed E-state index contributed by atoms with van der Waals surface area (Å²) in [5.74, 6) is 0.946. The van der Waals surface area contributed by atoms with Gasteiger partial charge in [-0.3, -0.25) is 4.79 Å². The van der Waals surface area contributed by atoms with Crippen LogP contribution in [0.25, 0.3) is 0 Å². The minimum Gasteiger partial charge on any atom is -0.342 e. The number of nitrogens with zero attached hydrogens (tertiary/aromatic N) is 1. The summed E-state index contributed by atoms with van der Waals surface area (Å²) in [5.41, 5.74) is 0.315. The summed E-state index contributed by atoms with van der Waals surface area (Å²) < 4.78 is 13.8. The Morgan fingerprint density at radius 2 is 1.91 bits per heavy atom. The molecule has 2 fully saturated rings. The SMILES string of the molecule is Cl.O=C(Cc1c(F)cccc1Cl)N1CC[C@@H]2CNC[C@@H]2CC1. The van der Waals surface area contributed by atoms with Gasteiger partial charge in [-0.15, -0.1) is 12.4 Å². The van der Waals surface area contributed by atoms with Crippen LogP contribution in [0.4, 0.5) is 4.39 Å². The minimum absolute atomic E-state index is 0. The molecule has 2 saturated heterocycles. The summed E-state index contributed by atoms with van der Waals surface area (Å²) in [6, 6.07) is 4.55. The molecule has 6 heteroatoms. The van der Waals surface area contributed by atoms with Gasteiger partial charge >= 0.3 is 0 Å². The Balaban J connectivity index is 0.00000176. The van der Waals surface area contributed by atoms with Crippen molar-refractivity contribution in [3.63, 3.8) is 0 Å². The minimum atomic E-state index is -0.397. The van der Waals surface area contributed by atoms with E-state index in [9.17, 15) is 9.18 Å². The summed E-state index contributed by atoms with van der Waals surface area (Å²) in [5, 5.41) is 3.75. The first-order valence-corrected chi connectivity index (χ1v) is 7.94. The van der Waals surface area contributed by atoms with Crippen LogP contribution in [0.1, 0.15) is 18.4 Å². The van der Waals surface area contributed by atoms with Crippen molar-refractivity contribution in [3.05, 3.63) is 34.6 Å². The highest BCUT2D eigenvalue weighted by atomic mass is 35.5. The lowest BCUT2D eigenvalue weighted by molar-refractivity contribution is -0.130. The number of hydrogen-bond donors (Lipinski definition) is 1. The second-order valence-corrected chi connectivity index (χ2v) is 6.42. The van der Waals surface area contributed by atoms with E-state index in [0.29, 0.717) is 22.4 Å². The molecule has 22 heavy (non-hydrogen) atoms. The quantitative estimate of drug-likeness (QED) is 0.892. The zero-order valence-electron chi connectivity index (χ0n) is 12.4. The molecule has 2 aliphatic rings. The van der Waals surface area contributed by atoms with Crippen molar-refractivity contribution in [2.45, 2.75) is 19.3 Å². The van der Waals surface area contributed by atoms with E-state index in [1.807, 2.05) is 4.90 Å². The average molecular weight is 347 g/mol. The maximum atomic E-state index is 13.8. The van der Waals surface area contributed by atoms with Crippen LogP contribution < -0.4 is 5.32 Å². The maximum Gasteiger partial charge on any atom is 0.227 e. The molecule has 3 rings (SSSR count). The van der Waals surface area contributed by atoms with Crippen molar-refractivity contribution in [3.8, 4) is 0 Å². The second-order valence-electron chi connectivity index (χ2n) is 6.01. The Hall–Kier alpha value is -0.840. The van der Waals surface area contributed by atoms with E-state index in [0.717, 1.165) is 39.0 Å². The Morgan fingerprint density at radius 1 is 1.27 bits per heavy atom. The molecular weight excluding hydrogens is 326 g/mol. The number of likely N-dealkylation sites (tertiary alicyclic amines) is 1. The number of nitrogens with one attached hydrogen (secondary N) is 1. The average Bonchev–Trinajstić information content (AvgIpc) is 2.81. The molecule has 3 nitrogen and oxygen atoms in total. The maximum absolute atomic E-state index is 13.8. The van der Waals surface area contributed by atoms with Gasteiger partial charge in [0.1, 0.15) is 5.82 Å². The van der Waals surface area contributed by atoms with Gasteiger partial charge in [-0.1, -0.05) is 17.7 Å². The summed E-state index contributed by atoms with van der Waals surface area (Å²) in [7, 11) is 0. The molecule has 1 aromatic carbocycles. The van der Waals surface area contributed by atoms with E-state index in [1.165, 1.54) is 6.07 Å². The van der Waals surface area contributed by atoms with Crippen LogP contribution in [0.15, 0.2) is 18.2 Å². The van der Waals surface area contributed by atoms with Gasteiger partial charge in [-0.2, -0.15) is 0 Å². The molecule has 0 spiro atoms. The van der Waals surface area contributed by atoms with Crippen LogP contribution in [-0.2, 0) is 11.2 Å². The number of benzene rings is 1. The second kappa shape index (κ2) is 7.62. The Kier molecular flexibility index (Phi) is 6.07. The van der Waals surface area contributed by atoms with Gasteiger partial charge in [0, 0.05) is 23.7 Å². The highest BCUT2D eigenvalue weighted by molar-refractivity contribution is 6.31. The third kappa shape index (κ3) is 3.73. The van der Waals surface area contributed by atoms with E-state index in [-0.39, 0.29) is 24.7 Å². The number of halogens is 3. The molecule has 1 amide bonds. The number of fused-ring (bicyclic) bond motifs is 1. The Bertz CT molecular complexity index is 507. The lowest BCUT2D eigenvalue weighted by atomic mass is 9.92. The molecule has 1 N–H and O–H groups in total. The lowest BCUT2D eigenvalue weighted by Gasteiger charge is -2.21. The molecule has 2 aliphatic heterocycles. The standard InChI is InChI=1S/C16H20ClFN2O.ClH/c17-14-2-1-3-15(18)13(14)8-16(21)20-6-4-11-9-19-10-12(11)5-7-20;/h1-3,11-12,19H,4-10H2;1H/t11-,12+;. The van der Waals surface area contributed by atoms with Crippen LogP contribution in [0.2, 0.25) is 5.02 Å². The first-order chi connectivity index (χ1) is 10.1. The van der Waals surface area contributed by atoms with Crippen molar-refractivity contribution >= 4 is 29.9 Å². The number of hydrogen-bond acceptors (Lipinski definition) is 2. The molecule has 0 saturated carbocycles. The van der Waals surface area contributed by atoms with E-state index < -0.39 is 5.82 Å². The van der Waals surface area contributed by atoms with Crippen molar-refractivity contribution in [1.82, 2.24) is 10.2 Å². The van der Waals surface area contributed by atoms with Gasteiger partial charge in [0.15, 0.2) is 0 Å². The van der Waals surface area contributed by atoms with Gasteiger partial charge < -0.3 is 10.2 Å². The van der Waals surface area contributed by atoms with Gasteiger partial charge in [0.05, 0.1) is 6.42 Å². The van der Waals surface area contributed by atoms with Gasteiger partial charge in [0.25, 0.3) is 0 Å². The van der Waals surface area contributed by atoms with Crippen molar-refractivity contribution in [1.29, 1.82) is 0 Å². The fraction of sp³-hybridized carbons (Fsp3) is 0.562. The van der Waals surface area contributed by atoms with E-state index >= 15 is 0 Å². The highest BCUT2D eigenvalue weighted by Crippen LogP contribution is 2.28. The fourth-order valence-electron chi connectivity index (χ4n) is 3.43. The van der Waals surface area contributed by atoms with Gasteiger partial charge in [0.2, 0.25) is 5.91 Å². The summed E-state index contributed by atoms with van der Waals surface area (Å²) >= 11 is 6.00. The first kappa shape index (κ1) is 17.5. The predicted octanol–water partition coefficient (Wildman–Crippen LogP) is 2.90. The molecule has 0 radical (unpaired) electrons. The number of amides is 1. The number of carbonyl (C=O) groups excluding carboxylic acids is 1. The molecule has 1 aromatic rings. The zero-order chi connectivity index (χ0) is 14.8. The van der Waals surface area contributed by atoms with E-state index in [2.05, 4.69) is 5.32 Å².